The van der Waals surface area contributed by atoms with Gasteiger partial charge in [0.2, 0.25) is 0 Å². The molecule has 0 saturated carbocycles. The van der Waals surface area contributed by atoms with Gasteiger partial charge in [-0.2, -0.15) is 0 Å². The van der Waals surface area contributed by atoms with Crippen LogP contribution in [0.4, 0.5) is 0 Å². The lowest BCUT2D eigenvalue weighted by molar-refractivity contribution is 1.10. The monoisotopic (exact) mass is 669 g/mol. The van der Waals surface area contributed by atoms with Crippen molar-refractivity contribution in [2.24, 2.45) is 0 Å². The maximum absolute atomic E-state index is 5.11. The van der Waals surface area contributed by atoms with Gasteiger partial charge in [-0.1, -0.05) is 109 Å². The summed E-state index contributed by atoms with van der Waals surface area (Å²) in [6, 6.07) is 54.0. The fraction of sp³-hybridized carbons (Fsp3) is 0.0213. The second-order valence-corrected chi connectivity index (χ2v) is 14.0. The molecule has 3 aromatic heterocycles. The summed E-state index contributed by atoms with van der Waals surface area (Å²) in [5.74, 6) is 0.726. The van der Waals surface area contributed by atoms with Crippen LogP contribution in [0.5, 0.6) is 0 Å². The van der Waals surface area contributed by atoms with E-state index in [-0.39, 0.29) is 0 Å². The Balaban J connectivity index is 1.11. The molecule has 51 heavy (non-hydrogen) atoms. The van der Waals surface area contributed by atoms with Crippen molar-refractivity contribution < 1.29 is 0 Å². The van der Waals surface area contributed by atoms with Gasteiger partial charge in [0, 0.05) is 53.5 Å². The predicted molar refractivity (Wildman–Crippen MR) is 216 cm³/mol. The van der Waals surface area contributed by atoms with Crippen LogP contribution in [0.2, 0.25) is 0 Å². The molecule has 1 aliphatic rings. The molecule has 6 aromatic carbocycles. The topological polar surface area (TPSA) is 30.7 Å². The van der Waals surface area contributed by atoms with Crippen molar-refractivity contribution in [3.63, 3.8) is 0 Å². The number of allylic oxidation sites excluding steroid dienone is 2. The molecule has 0 spiro atoms. The number of nitrogens with zero attached hydrogens (tertiary/aromatic N) is 3. The Morgan fingerprint density at radius 1 is 0.471 bits per heavy atom. The molecule has 1 aliphatic carbocycles. The van der Waals surface area contributed by atoms with Crippen LogP contribution in [0.3, 0.4) is 0 Å². The van der Waals surface area contributed by atoms with Gasteiger partial charge in [0.1, 0.15) is 0 Å². The van der Waals surface area contributed by atoms with E-state index >= 15 is 0 Å². The minimum atomic E-state index is 0.726. The summed E-state index contributed by atoms with van der Waals surface area (Å²) in [5, 5.41) is 3.74. The van der Waals surface area contributed by atoms with Gasteiger partial charge in [-0.15, -0.1) is 11.3 Å². The number of aromatic nitrogens is 3. The first-order valence-corrected chi connectivity index (χ1v) is 18.1. The Labute approximate surface area is 300 Å². The maximum atomic E-state index is 5.11. The summed E-state index contributed by atoms with van der Waals surface area (Å²) in [6.45, 7) is 0. The van der Waals surface area contributed by atoms with E-state index in [1.54, 1.807) is 0 Å². The number of para-hydroxylation sites is 1. The van der Waals surface area contributed by atoms with Gasteiger partial charge < -0.3 is 4.57 Å². The number of fused-ring (bicyclic) bond motifs is 6. The number of benzene rings is 6. The van der Waals surface area contributed by atoms with Gasteiger partial charge in [0.15, 0.2) is 5.82 Å². The fourth-order valence-electron chi connectivity index (χ4n) is 7.34. The van der Waals surface area contributed by atoms with Crippen molar-refractivity contribution in [2.75, 3.05) is 0 Å². The molecule has 0 radical (unpaired) electrons. The molecule has 0 fully saturated rings. The molecule has 0 amide bonds. The largest absolute Gasteiger partial charge is 0.309 e. The van der Waals surface area contributed by atoms with Crippen LogP contribution >= 0.6 is 11.3 Å². The van der Waals surface area contributed by atoms with Crippen LogP contribution in [0, 0.1) is 0 Å². The molecule has 0 N–H and O–H groups in total. The summed E-state index contributed by atoms with van der Waals surface area (Å²) < 4.78 is 4.91. The number of rotatable bonds is 5. The smallest absolute Gasteiger partial charge is 0.160 e. The van der Waals surface area contributed by atoms with E-state index < -0.39 is 0 Å². The van der Waals surface area contributed by atoms with E-state index in [9.17, 15) is 0 Å². The van der Waals surface area contributed by atoms with Crippen LogP contribution in [-0.4, -0.2) is 14.5 Å². The molecule has 0 saturated heterocycles. The first kappa shape index (κ1) is 29.5. The number of hydrogen-bond donors (Lipinski definition) is 0. The van der Waals surface area contributed by atoms with E-state index in [2.05, 4.69) is 168 Å². The van der Waals surface area contributed by atoms with Gasteiger partial charge in [-0.3, -0.25) is 0 Å². The zero-order valence-electron chi connectivity index (χ0n) is 27.7. The fourth-order valence-corrected chi connectivity index (χ4v) is 8.41. The van der Waals surface area contributed by atoms with Gasteiger partial charge in [-0.05, 0) is 84.3 Å². The molecule has 4 heteroatoms. The molecule has 3 nitrogen and oxygen atoms in total. The van der Waals surface area contributed by atoms with Crippen molar-refractivity contribution in [1.29, 1.82) is 0 Å². The van der Waals surface area contributed by atoms with E-state index in [1.165, 1.54) is 59.1 Å². The highest BCUT2D eigenvalue weighted by molar-refractivity contribution is 7.25. The molecular weight excluding hydrogens is 639 g/mol. The zero-order valence-corrected chi connectivity index (χ0v) is 28.5. The van der Waals surface area contributed by atoms with Crippen LogP contribution in [0.1, 0.15) is 17.7 Å². The van der Waals surface area contributed by atoms with Gasteiger partial charge >= 0.3 is 0 Å². The summed E-state index contributed by atoms with van der Waals surface area (Å²) in [7, 11) is 0. The number of thiophene rings is 1. The molecule has 3 heterocycles. The van der Waals surface area contributed by atoms with Crippen molar-refractivity contribution >= 4 is 54.6 Å². The average Bonchev–Trinajstić information content (AvgIpc) is 3.61. The Kier molecular flexibility index (Phi) is 7.07. The van der Waals surface area contributed by atoms with Gasteiger partial charge in [-0.25, -0.2) is 9.97 Å². The summed E-state index contributed by atoms with van der Waals surface area (Å²) in [6.07, 6.45) is 9.99. The molecule has 0 atom stereocenters. The van der Waals surface area contributed by atoms with Crippen LogP contribution in [0.25, 0.3) is 93.9 Å². The highest BCUT2D eigenvalue weighted by atomic mass is 32.1. The lowest BCUT2D eigenvalue weighted by atomic mass is 9.99. The number of hydrogen-bond acceptors (Lipinski definition) is 3. The molecule has 0 bridgehead atoms. The first-order chi connectivity index (χ1) is 25.3. The summed E-state index contributed by atoms with van der Waals surface area (Å²) in [4.78, 5) is 10.2. The SMILES string of the molecule is C1=Cc2c(n(-c3ccccc3)c3ccc(-c4ccc5sc6ccc(-c7nc(-c8ccccc8)cc(-c8ccccc8)n7)cc6c5c4)cc23)C=CC1. The molecule has 9 aromatic rings. The molecule has 240 valence electrons. The third-order valence-corrected chi connectivity index (χ3v) is 11.0. The van der Waals surface area contributed by atoms with E-state index in [0.29, 0.717) is 0 Å². The Bertz CT molecular complexity index is 2750. The van der Waals surface area contributed by atoms with Crippen molar-refractivity contribution in [3.05, 3.63) is 175 Å². The Morgan fingerprint density at radius 3 is 1.69 bits per heavy atom. The Hall–Kier alpha value is -6.36. The van der Waals surface area contributed by atoms with E-state index in [0.717, 1.165) is 40.3 Å². The molecular formula is C47H31N3S. The summed E-state index contributed by atoms with van der Waals surface area (Å²) in [5.41, 5.74) is 12.3. The molecule has 0 unspecified atom stereocenters. The minimum Gasteiger partial charge on any atom is -0.309 e. The van der Waals surface area contributed by atoms with Crippen LogP contribution in [0.15, 0.2) is 164 Å². The van der Waals surface area contributed by atoms with Crippen molar-refractivity contribution in [1.82, 2.24) is 14.5 Å². The van der Waals surface area contributed by atoms with Crippen LogP contribution in [-0.2, 0) is 0 Å². The minimum absolute atomic E-state index is 0.726. The zero-order chi connectivity index (χ0) is 33.7. The highest BCUT2D eigenvalue weighted by Crippen LogP contribution is 2.40. The van der Waals surface area contributed by atoms with E-state index in [1.807, 2.05) is 23.5 Å². The van der Waals surface area contributed by atoms with E-state index in [4.69, 9.17) is 9.97 Å². The van der Waals surface area contributed by atoms with Crippen molar-refractivity contribution in [3.8, 4) is 50.7 Å². The van der Waals surface area contributed by atoms with Gasteiger partial charge in [0.05, 0.1) is 22.6 Å². The predicted octanol–water partition coefficient (Wildman–Crippen LogP) is 12.9. The Morgan fingerprint density at radius 2 is 1.02 bits per heavy atom. The third kappa shape index (κ3) is 5.20. The second-order valence-electron chi connectivity index (χ2n) is 13.0. The average molecular weight is 670 g/mol. The lowest BCUT2D eigenvalue weighted by Crippen LogP contribution is -1.96. The highest BCUT2D eigenvalue weighted by Gasteiger charge is 2.18. The quantitative estimate of drug-likeness (QED) is 0.183. The normalized spacial score (nSPS) is 12.5. The van der Waals surface area contributed by atoms with Gasteiger partial charge in [0.25, 0.3) is 0 Å². The summed E-state index contributed by atoms with van der Waals surface area (Å²) >= 11 is 1.83. The maximum Gasteiger partial charge on any atom is 0.160 e. The molecule has 10 rings (SSSR count). The first-order valence-electron chi connectivity index (χ1n) is 17.3. The lowest BCUT2D eigenvalue weighted by Gasteiger charge is -2.10. The van der Waals surface area contributed by atoms with Crippen LogP contribution < -0.4 is 0 Å². The third-order valence-electron chi connectivity index (χ3n) is 9.82. The standard InChI is InChI=1S/C47H31N3S/c1-5-13-31(14-6-1)41-30-42(32-15-7-2-8-16-32)49-47(48-41)35-23-26-46-40(29-35)39-28-34(22-25-45(39)51-46)33-21-24-44-38(27-33)37-19-11-4-12-20-43(37)50(44)36-17-9-3-10-18-36/h1-3,5-30H,4H2. The molecule has 0 aliphatic heterocycles. The van der Waals surface area contributed by atoms with Crippen molar-refractivity contribution in [2.45, 2.75) is 6.42 Å². The second kappa shape index (κ2) is 12.2.